The van der Waals surface area contributed by atoms with Crippen LogP contribution in [0.5, 0.6) is 0 Å². The largest absolute Gasteiger partial charge is 0.434 e. The second kappa shape index (κ2) is 8.62. The predicted molar refractivity (Wildman–Crippen MR) is 111 cm³/mol. The van der Waals surface area contributed by atoms with Crippen molar-refractivity contribution in [3.8, 4) is 11.1 Å². The van der Waals surface area contributed by atoms with Gasteiger partial charge in [-0.1, -0.05) is 6.07 Å². The summed E-state index contributed by atoms with van der Waals surface area (Å²) in [7, 11) is 0. The van der Waals surface area contributed by atoms with Crippen molar-refractivity contribution in [3.05, 3.63) is 68.4 Å². The number of halogens is 5. The highest BCUT2D eigenvalue weighted by Gasteiger charge is 2.37. The number of carbonyl (C=O) groups excluding carboxylic acids is 1. The minimum Gasteiger partial charge on any atom is -0.379 e. The van der Waals surface area contributed by atoms with Gasteiger partial charge < -0.3 is 10.1 Å². The molecule has 6 nitrogen and oxygen atoms in total. The normalized spacial score (nSPS) is 16.8. The number of hydrogen-bond donors (Lipinski definition) is 1. The Hall–Kier alpha value is -2.79. The van der Waals surface area contributed by atoms with Gasteiger partial charge in [0, 0.05) is 18.4 Å². The number of carbonyl (C=O) groups is 1. The van der Waals surface area contributed by atoms with Gasteiger partial charge in [0.15, 0.2) is 5.69 Å². The molecule has 1 aromatic carbocycles. The molecule has 0 radical (unpaired) electrons. The van der Waals surface area contributed by atoms with Crippen molar-refractivity contribution < 1.29 is 27.1 Å². The maximum Gasteiger partial charge on any atom is 0.434 e. The molecule has 0 spiro atoms. The predicted octanol–water partition coefficient (Wildman–Crippen LogP) is 4.19. The Labute approximate surface area is 187 Å². The Bertz CT molecular complexity index is 1250. The number of aromatic nitrogens is 2. The quantitative estimate of drug-likeness (QED) is 0.533. The number of rotatable bonds is 3. The first-order valence-corrected chi connectivity index (χ1v) is 10.4. The van der Waals surface area contributed by atoms with E-state index in [1.165, 1.54) is 30.5 Å². The van der Waals surface area contributed by atoms with Crippen molar-refractivity contribution in [2.45, 2.75) is 25.1 Å². The van der Waals surface area contributed by atoms with Crippen LogP contribution >= 0.6 is 15.9 Å². The van der Waals surface area contributed by atoms with Crippen LogP contribution in [0.2, 0.25) is 0 Å². The van der Waals surface area contributed by atoms with Gasteiger partial charge in [0.1, 0.15) is 15.9 Å². The molecule has 4 rings (SSSR count). The number of pyridine rings is 1. The van der Waals surface area contributed by atoms with Crippen LogP contribution in [-0.2, 0) is 10.9 Å². The van der Waals surface area contributed by atoms with Crippen molar-refractivity contribution in [3.63, 3.8) is 0 Å². The second-order valence-corrected chi connectivity index (χ2v) is 8.07. The monoisotopic (exact) mass is 513 g/mol. The lowest BCUT2D eigenvalue weighted by Gasteiger charge is -2.23. The van der Waals surface area contributed by atoms with E-state index in [-0.39, 0.29) is 28.4 Å². The van der Waals surface area contributed by atoms with Crippen LogP contribution in [-0.4, -0.2) is 34.5 Å². The summed E-state index contributed by atoms with van der Waals surface area (Å²) in [4.78, 5) is 28.5. The van der Waals surface area contributed by atoms with Crippen molar-refractivity contribution in [1.82, 2.24) is 14.7 Å². The molecule has 0 bridgehead atoms. The molecule has 1 unspecified atom stereocenters. The van der Waals surface area contributed by atoms with Crippen LogP contribution in [0.25, 0.3) is 16.8 Å². The molecule has 3 heterocycles. The topological polar surface area (TPSA) is 72.7 Å². The molecule has 0 aliphatic carbocycles. The molecule has 2 aromatic heterocycles. The van der Waals surface area contributed by atoms with E-state index >= 15 is 0 Å². The lowest BCUT2D eigenvalue weighted by molar-refractivity contribution is -0.141. The summed E-state index contributed by atoms with van der Waals surface area (Å²) in [6, 6.07) is 6.31. The van der Waals surface area contributed by atoms with Crippen LogP contribution < -0.4 is 10.9 Å². The number of fused-ring (bicyclic) bond motifs is 1. The lowest BCUT2D eigenvalue weighted by Crippen LogP contribution is -2.40. The molecule has 0 saturated carbocycles. The van der Waals surface area contributed by atoms with Gasteiger partial charge in [0.25, 0.3) is 11.5 Å². The second-order valence-electron chi connectivity index (χ2n) is 7.27. The Morgan fingerprint density at radius 3 is 2.72 bits per heavy atom. The zero-order valence-electron chi connectivity index (χ0n) is 16.4. The maximum atomic E-state index is 14.8. The standard InChI is InChI=1S/C21H16BrF4N3O3/c22-16-17(21(24,25)26)28-18-13(4-1-7-29(18)20(16)31)11-5-6-14(15(23)9-11)19(30)27-12-3-2-8-32-10-12/h1,4-7,9,12H,2-3,8,10H2,(H,27,30). The summed E-state index contributed by atoms with van der Waals surface area (Å²) in [6.07, 6.45) is -2.09. The molecular weight excluding hydrogens is 498 g/mol. The molecule has 1 aliphatic rings. The molecule has 3 aromatic rings. The molecule has 1 N–H and O–H groups in total. The third kappa shape index (κ3) is 4.26. The van der Waals surface area contributed by atoms with Gasteiger partial charge in [0.05, 0.1) is 18.2 Å². The number of amides is 1. The summed E-state index contributed by atoms with van der Waals surface area (Å²) in [6.45, 7) is 0.961. The van der Waals surface area contributed by atoms with Gasteiger partial charge in [-0.2, -0.15) is 13.2 Å². The third-order valence-electron chi connectivity index (χ3n) is 5.09. The summed E-state index contributed by atoms with van der Waals surface area (Å²) < 4.78 is 60.3. The molecule has 1 amide bonds. The SMILES string of the molecule is O=C(NC1CCCOC1)c1ccc(-c2cccn3c(=O)c(Br)c(C(F)(F)F)nc23)cc1F. The van der Waals surface area contributed by atoms with Crippen LogP contribution in [0.4, 0.5) is 17.6 Å². The van der Waals surface area contributed by atoms with Gasteiger partial charge in [-0.3, -0.25) is 14.0 Å². The van der Waals surface area contributed by atoms with Gasteiger partial charge in [-0.15, -0.1) is 0 Å². The first kappa shape index (κ1) is 22.4. The number of hydrogen-bond acceptors (Lipinski definition) is 4. The van der Waals surface area contributed by atoms with E-state index in [2.05, 4.69) is 26.2 Å². The minimum absolute atomic E-state index is 0.106. The molecule has 1 aliphatic heterocycles. The van der Waals surface area contributed by atoms with Crippen molar-refractivity contribution in [2.75, 3.05) is 13.2 Å². The first-order chi connectivity index (χ1) is 15.2. The number of ether oxygens (including phenoxy) is 1. The van der Waals surface area contributed by atoms with Gasteiger partial charge in [-0.25, -0.2) is 9.37 Å². The number of alkyl halides is 3. The van der Waals surface area contributed by atoms with Crippen molar-refractivity contribution in [1.29, 1.82) is 0 Å². The number of benzene rings is 1. The van der Waals surface area contributed by atoms with Gasteiger partial charge >= 0.3 is 6.18 Å². The fourth-order valence-electron chi connectivity index (χ4n) is 3.54. The van der Waals surface area contributed by atoms with E-state index < -0.39 is 33.6 Å². The molecule has 1 fully saturated rings. The minimum atomic E-state index is -4.87. The summed E-state index contributed by atoms with van der Waals surface area (Å²) in [5.74, 6) is -1.46. The van der Waals surface area contributed by atoms with E-state index in [1.807, 2.05) is 0 Å². The fourth-order valence-corrected chi connectivity index (χ4v) is 4.04. The average Bonchev–Trinajstić information content (AvgIpc) is 2.75. The van der Waals surface area contributed by atoms with E-state index in [9.17, 15) is 27.2 Å². The van der Waals surface area contributed by atoms with E-state index in [4.69, 9.17) is 4.74 Å². The van der Waals surface area contributed by atoms with Crippen molar-refractivity contribution in [2.24, 2.45) is 0 Å². The highest BCUT2D eigenvalue weighted by Crippen LogP contribution is 2.33. The molecule has 32 heavy (non-hydrogen) atoms. The molecule has 1 saturated heterocycles. The fraction of sp³-hybridized carbons (Fsp3) is 0.286. The number of nitrogens with one attached hydrogen (secondary N) is 1. The molecule has 1 atom stereocenters. The summed E-state index contributed by atoms with van der Waals surface area (Å²) in [5.41, 5.74) is -2.54. The van der Waals surface area contributed by atoms with Crippen LogP contribution in [0.3, 0.4) is 0 Å². The molecular formula is C21H16BrF4N3O3. The Morgan fingerprint density at radius 1 is 1.28 bits per heavy atom. The summed E-state index contributed by atoms with van der Waals surface area (Å²) in [5, 5.41) is 2.71. The number of nitrogens with zero attached hydrogens (tertiary/aromatic N) is 2. The van der Waals surface area contributed by atoms with E-state index in [1.54, 1.807) is 0 Å². The van der Waals surface area contributed by atoms with Crippen LogP contribution in [0, 0.1) is 5.82 Å². The first-order valence-electron chi connectivity index (χ1n) is 9.63. The van der Waals surface area contributed by atoms with Gasteiger partial charge in [-0.05, 0) is 58.6 Å². The maximum absolute atomic E-state index is 14.8. The zero-order valence-corrected chi connectivity index (χ0v) is 18.0. The molecule has 11 heteroatoms. The van der Waals surface area contributed by atoms with Crippen LogP contribution in [0.15, 0.2) is 45.8 Å². The zero-order chi connectivity index (χ0) is 23.0. The van der Waals surface area contributed by atoms with Crippen molar-refractivity contribution >= 4 is 27.5 Å². The smallest absolute Gasteiger partial charge is 0.379 e. The Morgan fingerprint density at radius 2 is 2.06 bits per heavy atom. The van der Waals surface area contributed by atoms with Gasteiger partial charge in [0.2, 0.25) is 0 Å². The highest BCUT2D eigenvalue weighted by molar-refractivity contribution is 9.10. The molecule has 168 valence electrons. The Balaban J connectivity index is 1.74. The summed E-state index contributed by atoms with van der Waals surface area (Å²) >= 11 is 2.67. The lowest BCUT2D eigenvalue weighted by atomic mass is 10.0. The van der Waals surface area contributed by atoms with E-state index in [0.717, 1.165) is 23.3 Å². The average molecular weight is 514 g/mol. The third-order valence-corrected chi connectivity index (χ3v) is 5.80. The highest BCUT2D eigenvalue weighted by atomic mass is 79.9. The Kier molecular flexibility index (Phi) is 6.04. The van der Waals surface area contributed by atoms with Crippen LogP contribution in [0.1, 0.15) is 28.9 Å². The van der Waals surface area contributed by atoms with E-state index in [0.29, 0.717) is 13.2 Å².